The fourth-order valence-corrected chi connectivity index (χ4v) is 2.37. The minimum absolute atomic E-state index is 0.0169. The first-order valence-corrected chi connectivity index (χ1v) is 8.07. The van der Waals surface area contributed by atoms with Gasteiger partial charge in [-0.15, -0.1) is 0 Å². The molecule has 0 saturated heterocycles. The maximum absolute atomic E-state index is 11.9. The minimum Gasteiger partial charge on any atom is -0.352 e. The molecule has 4 N–H and O–H groups in total. The molecule has 0 aliphatic carbocycles. The van der Waals surface area contributed by atoms with Crippen molar-refractivity contribution in [2.24, 2.45) is 5.73 Å². The van der Waals surface area contributed by atoms with Crippen molar-refractivity contribution in [1.29, 1.82) is 0 Å². The van der Waals surface area contributed by atoms with E-state index in [-0.39, 0.29) is 5.91 Å². The summed E-state index contributed by atoms with van der Waals surface area (Å²) in [5.74, 6) is 0.0169. The molecule has 0 fully saturated rings. The number of benzene rings is 2. The standard InChI is InChI=1S/C18H20ClN3O2/c19-15-8-4-13(5-9-15)2-1-3-17(23)21-12-14-6-10-16(11-7-14)22-18(20)24/h4-11H,1-3,12H2,(H,21,23)(H3,20,22,24). The van der Waals surface area contributed by atoms with E-state index >= 15 is 0 Å². The van der Waals surface area contributed by atoms with Gasteiger partial charge in [0.15, 0.2) is 0 Å². The molecule has 0 aliphatic rings. The van der Waals surface area contributed by atoms with Gasteiger partial charge in [0.2, 0.25) is 5.91 Å². The predicted molar refractivity (Wildman–Crippen MR) is 95.9 cm³/mol. The molecule has 2 aromatic rings. The van der Waals surface area contributed by atoms with Crippen LogP contribution in [0.5, 0.6) is 0 Å². The zero-order valence-electron chi connectivity index (χ0n) is 13.2. The van der Waals surface area contributed by atoms with Gasteiger partial charge >= 0.3 is 6.03 Å². The van der Waals surface area contributed by atoms with Gasteiger partial charge in [0.25, 0.3) is 0 Å². The van der Waals surface area contributed by atoms with Crippen LogP contribution >= 0.6 is 11.6 Å². The second kappa shape index (κ2) is 8.93. The van der Waals surface area contributed by atoms with Gasteiger partial charge in [-0.05, 0) is 48.2 Å². The number of hydrogen-bond acceptors (Lipinski definition) is 2. The van der Waals surface area contributed by atoms with Gasteiger partial charge in [0.05, 0.1) is 0 Å². The second-order valence-corrected chi connectivity index (χ2v) is 5.88. The van der Waals surface area contributed by atoms with Crippen LogP contribution < -0.4 is 16.4 Å². The fourth-order valence-electron chi connectivity index (χ4n) is 2.24. The van der Waals surface area contributed by atoms with Gasteiger partial charge in [-0.2, -0.15) is 0 Å². The maximum Gasteiger partial charge on any atom is 0.316 e. The number of hydrogen-bond donors (Lipinski definition) is 3. The number of halogens is 1. The van der Waals surface area contributed by atoms with Crippen LogP contribution in [-0.2, 0) is 17.8 Å². The third-order valence-electron chi connectivity index (χ3n) is 3.49. The monoisotopic (exact) mass is 345 g/mol. The van der Waals surface area contributed by atoms with Crippen molar-refractivity contribution in [1.82, 2.24) is 5.32 Å². The summed E-state index contributed by atoms with van der Waals surface area (Å²) in [6.45, 7) is 0.455. The molecule has 0 saturated carbocycles. The van der Waals surface area contributed by atoms with Crippen molar-refractivity contribution in [3.8, 4) is 0 Å². The van der Waals surface area contributed by atoms with E-state index in [9.17, 15) is 9.59 Å². The Bertz CT molecular complexity index is 684. The molecule has 0 heterocycles. The first kappa shape index (κ1) is 17.8. The van der Waals surface area contributed by atoms with Crippen LogP contribution in [0.25, 0.3) is 0 Å². The molecule has 0 spiro atoms. The van der Waals surface area contributed by atoms with Crippen molar-refractivity contribution >= 4 is 29.2 Å². The molecule has 3 amide bonds. The Kier molecular flexibility index (Phi) is 6.63. The lowest BCUT2D eigenvalue weighted by atomic mass is 10.1. The molecular weight excluding hydrogens is 326 g/mol. The fraction of sp³-hybridized carbons (Fsp3) is 0.222. The number of rotatable bonds is 7. The molecule has 2 aromatic carbocycles. The molecule has 126 valence electrons. The summed E-state index contributed by atoms with van der Waals surface area (Å²) in [5.41, 5.74) is 7.79. The zero-order valence-corrected chi connectivity index (χ0v) is 14.0. The Hall–Kier alpha value is -2.53. The van der Waals surface area contributed by atoms with Crippen molar-refractivity contribution in [3.63, 3.8) is 0 Å². The zero-order chi connectivity index (χ0) is 17.4. The van der Waals surface area contributed by atoms with E-state index in [1.54, 1.807) is 12.1 Å². The van der Waals surface area contributed by atoms with Crippen molar-refractivity contribution in [2.75, 3.05) is 5.32 Å². The Morgan fingerprint density at radius 2 is 1.58 bits per heavy atom. The molecule has 0 unspecified atom stereocenters. The molecule has 0 radical (unpaired) electrons. The van der Waals surface area contributed by atoms with Crippen LogP contribution in [0.3, 0.4) is 0 Å². The van der Waals surface area contributed by atoms with Gasteiger partial charge in [-0.25, -0.2) is 4.79 Å². The molecule has 6 heteroatoms. The normalized spacial score (nSPS) is 10.2. The van der Waals surface area contributed by atoms with Gasteiger partial charge < -0.3 is 16.4 Å². The smallest absolute Gasteiger partial charge is 0.316 e. The predicted octanol–water partition coefficient (Wildman–Crippen LogP) is 3.47. The molecule has 0 aliphatic heterocycles. The number of aryl methyl sites for hydroxylation is 1. The van der Waals surface area contributed by atoms with E-state index < -0.39 is 6.03 Å². The van der Waals surface area contributed by atoms with E-state index in [0.717, 1.165) is 18.4 Å². The third-order valence-corrected chi connectivity index (χ3v) is 3.75. The Morgan fingerprint density at radius 3 is 2.21 bits per heavy atom. The van der Waals surface area contributed by atoms with Gasteiger partial charge in [-0.1, -0.05) is 35.9 Å². The quantitative estimate of drug-likeness (QED) is 0.717. The van der Waals surface area contributed by atoms with Crippen LogP contribution in [0, 0.1) is 0 Å². The summed E-state index contributed by atoms with van der Waals surface area (Å²) >= 11 is 5.84. The highest BCUT2D eigenvalue weighted by atomic mass is 35.5. The maximum atomic E-state index is 11.9. The van der Waals surface area contributed by atoms with Crippen LogP contribution in [0.15, 0.2) is 48.5 Å². The van der Waals surface area contributed by atoms with Crippen LogP contribution in [-0.4, -0.2) is 11.9 Å². The summed E-state index contributed by atoms with van der Waals surface area (Å²) in [7, 11) is 0. The Balaban J connectivity index is 1.69. The lowest BCUT2D eigenvalue weighted by Crippen LogP contribution is -2.22. The summed E-state index contributed by atoms with van der Waals surface area (Å²) in [6.07, 6.45) is 2.11. The number of carbonyl (C=O) groups is 2. The number of nitrogens with two attached hydrogens (primary N) is 1. The lowest BCUT2D eigenvalue weighted by Gasteiger charge is -2.07. The summed E-state index contributed by atoms with van der Waals surface area (Å²) in [6, 6.07) is 14.2. The highest BCUT2D eigenvalue weighted by Gasteiger charge is 2.03. The van der Waals surface area contributed by atoms with Gasteiger partial charge in [0.1, 0.15) is 0 Å². The minimum atomic E-state index is -0.600. The number of urea groups is 1. The Morgan fingerprint density at radius 1 is 0.958 bits per heavy atom. The number of carbonyl (C=O) groups excluding carboxylic acids is 2. The molecule has 0 aromatic heterocycles. The number of nitrogens with one attached hydrogen (secondary N) is 2. The van der Waals surface area contributed by atoms with E-state index in [1.807, 2.05) is 36.4 Å². The van der Waals surface area contributed by atoms with Gasteiger partial charge in [0, 0.05) is 23.7 Å². The third kappa shape index (κ3) is 6.30. The number of primary amides is 1. The highest BCUT2D eigenvalue weighted by molar-refractivity contribution is 6.30. The van der Waals surface area contributed by atoms with E-state index in [0.29, 0.717) is 23.7 Å². The van der Waals surface area contributed by atoms with Crippen molar-refractivity contribution in [2.45, 2.75) is 25.8 Å². The largest absolute Gasteiger partial charge is 0.352 e. The number of anilines is 1. The SMILES string of the molecule is NC(=O)Nc1ccc(CNC(=O)CCCc2ccc(Cl)cc2)cc1. The Labute approximate surface area is 146 Å². The van der Waals surface area contributed by atoms with Crippen LogP contribution in [0.2, 0.25) is 5.02 Å². The molecular formula is C18H20ClN3O2. The first-order valence-electron chi connectivity index (χ1n) is 7.69. The lowest BCUT2D eigenvalue weighted by molar-refractivity contribution is -0.121. The molecule has 0 bridgehead atoms. The average Bonchev–Trinajstić information content (AvgIpc) is 2.55. The molecule has 24 heavy (non-hydrogen) atoms. The van der Waals surface area contributed by atoms with E-state index in [1.165, 1.54) is 5.56 Å². The molecule has 5 nitrogen and oxygen atoms in total. The topological polar surface area (TPSA) is 84.2 Å². The van der Waals surface area contributed by atoms with Gasteiger partial charge in [-0.3, -0.25) is 4.79 Å². The van der Waals surface area contributed by atoms with Crippen molar-refractivity contribution < 1.29 is 9.59 Å². The highest BCUT2D eigenvalue weighted by Crippen LogP contribution is 2.12. The van der Waals surface area contributed by atoms with E-state index in [4.69, 9.17) is 17.3 Å². The van der Waals surface area contributed by atoms with Crippen LogP contribution in [0.1, 0.15) is 24.0 Å². The summed E-state index contributed by atoms with van der Waals surface area (Å²) < 4.78 is 0. The summed E-state index contributed by atoms with van der Waals surface area (Å²) in [5, 5.41) is 6.09. The van der Waals surface area contributed by atoms with Crippen molar-refractivity contribution in [3.05, 3.63) is 64.7 Å². The van der Waals surface area contributed by atoms with E-state index in [2.05, 4.69) is 10.6 Å². The summed E-state index contributed by atoms with van der Waals surface area (Å²) in [4.78, 5) is 22.6. The molecule has 2 rings (SSSR count). The van der Waals surface area contributed by atoms with Crippen LogP contribution in [0.4, 0.5) is 10.5 Å². The number of amides is 3. The molecule has 0 atom stereocenters. The average molecular weight is 346 g/mol. The first-order chi connectivity index (χ1) is 11.5. The second-order valence-electron chi connectivity index (χ2n) is 5.44.